The van der Waals surface area contributed by atoms with Gasteiger partial charge in [-0.15, -0.1) is 10.2 Å². The van der Waals surface area contributed by atoms with Crippen LogP contribution in [0.25, 0.3) is 27.5 Å². The molecule has 0 aliphatic heterocycles. The number of rotatable bonds is 5. The van der Waals surface area contributed by atoms with Crippen molar-refractivity contribution in [2.75, 3.05) is 5.32 Å². The van der Waals surface area contributed by atoms with Gasteiger partial charge >= 0.3 is 0 Å². The molecular formula is C25H29N7OS. The Hall–Kier alpha value is -3.35. The van der Waals surface area contributed by atoms with Crippen molar-refractivity contribution in [3.63, 3.8) is 0 Å². The first-order valence-electron chi connectivity index (χ1n) is 11.4. The predicted octanol–water partition coefficient (Wildman–Crippen LogP) is 5.16. The van der Waals surface area contributed by atoms with Crippen LogP contribution in [0.5, 0.6) is 0 Å². The second-order valence-corrected chi connectivity index (χ2v) is 10.2. The molecule has 0 spiro atoms. The summed E-state index contributed by atoms with van der Waals surface area (Å²) in [5, 5.41) is 35.1. The number of nitrogens with zero attached hydrogens (tertiary/aromatic N) is 6. The SMILES string of the molecule is CC(C)(O)C1CCC1.CC(C)Nc1cc(-c2ccc3cc(C#N)cnn23)ncc1-c1nncs1. The summed E-state index contributed by atoms with van der Waals surface area (Å²) in [6, 6.07) is 10.1. The smallest absolute Gasteiger partial charge is 0.151 e. The summed E-state index contributed by atoms with van der Waals surface area (Å²) in [5.41, 5.74) is 6.21. The van der Waals surface area contributed by atoms with Crippen LogP contribution in [-0.4, -0.2) is 41.5 Å². The van der Waals surface area contributed by atoms with E-state index in [2.05, 4.69) is 45.5 Å². The molecule has 1 fully saturated rings. The van der Waals surface area contributed by atoms with Crippen LogP contribution in [0.2, 0.25) is 0 Å². The molecule has 4 heterocycles. The summed E-state index contributed by atoms with van der Waals surface area (Å²) >= 11 is 1.48. The summed E-state index contributed by atoms with van der Waals surface area (Å²) in [6.45, 7) is 7.97. The number of nitriles is 1. The van der Waals surface area contributed by atoms with Crippen LogP contribution >= 0.6 is 11.3 Å². The lowest BCUT2D eigenvalue weighted by atomic mass is 9.75. The summed E-state index contributed by atoms with van der Waals surface area (Å²) in [7, 11) is 0. The highest BCUT2D eigenvalue weighted by Gasteiger charge is 2.31. The van der Waals surface area contributed by atoms with E-state index in [1.165, 1.54) is 30.6 Å². The third-order valence-electron chi connectivity index (χ3n) is 5.93. The van der Waals surface area contributed by atoms with Gasteiger partial charge < -0.3 is 10.4 Å². The van der Waals surface area contributed by atoms with E-state index in [0.29, 0.717) is 11.5 Å². The molecule has 5 rings (SSSR count). The Labute approximate surface area is 203 Å². The lowest BCUT2D eigenvalue weighted by molar-refractivity contribution is -0.0181. The minimum Gasteiger partial charge on any atom is -0.390 e. The second-order valence-electron chi connectivity index (χ2n) is 9.35. The molecule has 8 nitrogen and oxygen atoms in total. The Morgan fingerprint density at radius 1 is 1.24 bits per heavy atom. The van der Waals surface area contributed by atoms with Crippen molar-refractivity contribution in [2.24, 2.45) is 5.92 Å². The number of hydrogen-bond donors (Lipinski definition) is 2. The molecule has 0 atom stereocenters. The van der Waals surface area contributed by atoms with Gasteiger partial charge in [-0.2, -0.15) is 10.4 Å². The van der Waals surface area contributed by atoms with Crippen LogP contribution in [-0.2, 0) is 0 Å². The molecule has 2 N–H and O–H groups in total. The fourth-order valence-electron chi connectivity index (χ4n) is 3.86. The number of pyridine rings is 1. The molecule has 9 heteroatoms. The Bertz CT molecular complexity index is 1300. The summed E-state index contributed by atoms with van der Waals surface area (Å²) in [4.78, 5) is 4.61. The van der Waals surface area contributed by atoms with Gasteiger partial charge in [0.1, 0.15) is 11.6 Å². The van der Waals surface area contributed by atoms with Gasteiger partial charge in [0, 0.05) is 17.9 Å². The maximum atomic E-state index is 9.34. The van der Waals surface area contributed by atoms with Crippen LogP contribution in [0, 0.1) is 17.2 Å². The van der Waals surface area contributed by atoms with Crippen LogP contribution in [0.4, 0.5) is 5.69 Å². The van der Waals surface area contributed by atoms with Gasteiger partial charge in [0.05, 0.1) is 39.8 Å². The number of hydrogen-bond acceptors (Lipinski definition) is 8. The van der Waals surface area contributed by atoms with Gasteiger partial charge in [0.15, 0.2) is 5.01 Å². The molecule has 4 aromatic heterocycles. The number of aromatic nitrogens is 5. The van der Waals surface area contributed by atoms with Crippen LogP contribution < -0.4 is 5.32 Å². The number of aliphatic hydroxyl groups is 1. The maximum Gasteiger partial charge on any atom is 0.151 e. The lowest BCUT2D eigenvalue weighted by Gasteiger charge is -2.35. The van der Waals surface area contributed by atoms with Crippen molar-refractivity contribution in [1.29, 1.82) is 5.26 Å². The first-order chi connectivity index (χ1) is 16.3. The molecule has 0 saturated heterocycles. The molecular weight excluding hydrogens is 446 g/mol. The van der Waals surface area contributed by atoms with Crippen LogP contribution in [0.1, 0.15) is 52.5 Å². The normalized spacial score (nSPS) is 13.8. The van der Waals surface area contributed by atoms with Crippen molar-refractivity contribution in [3.05, 3.63) is 47.7 Å². The van der Waals surface area contributed by atoms with E-state index in [-0.39, 0.29) is 6.04 Å². The number of nitrogens with one attached hydrogen (secondary N) is 1. The average molecular weight is 476 g/mol. The van der Waals surface area contributed by atoms with Crippen LogP contribution in [0.15, 0.2) is 42.2 Å². The average Bonchev–Trinajstić information content (AvgIpc) is 3.41. The number of fused-ring (bicyclic) bond motifs is 1. The molecule has 0 radical (unpaired) electrons. The zero-order valence-electron chi connectivity index (χ0n) is 19.9. The van der Waals surface area contributed by atoms with Crippen LogP contribution in [0.3, 0.4) is 0 Å². The quantitative estimate of drug-likeness (QED) is 0.410. The van der Waals surface area contributed by atoms with Crippen molar-refractivity contribution in [2.45, 2.75) is 58.6 Å². The molecule has 176 valence electrons. The molecule has 1 aliphatic carbocycles. The zero-order chi connectivity index (χ0) is 24.3. The highest BCUT2D eigenvalue weighted by molar-refractivity contribution is 7.12. The monoisotopic (exact) mass is 475 g/mol. The highest BCUT2D eigenvalue weighted by Crippen LogP contribution is 2.35. The largest absolute Gasteiger partial charge is 0.390 e. The Balaban J connectivity index is 0.000000291. The van der Waals surface area contributed by atoms with Gasteiger partial charge in [-0.3, -0.25) is 4.98 Å². The standard InChI is InChI=1S/C18H15N7S.C7H14O/c1-11(2)23-15-6-16(20-9-14(15)18-24-21-10-26-18)17-4-3-13-5-12(7-19)8-22-25(13)17;1-7(2,8)6-4-3-5-6/h3-6,8-11H,1-2H3,(H,20,23);6,8H,3-5H2,1-2H3. The minimum atomic E-state index is -0.405. The van der Waals surface area contributed by atoms with Crippen molar-refractivity contribution in [1.82, 2.24) is 24.8 Å². The summed E-state index contributed by atoms with van der Waals surface area (Å²) < 4.78 is 1.78. The Kier molecular flexibility index (Phi) is 6.91. The number of anilines is 1. The summed E-state index contributed by atoms with van der Waals surface area (Å²) in [5.74, 6) is 0.586. The minimum absolute atomic E-state index is 0.261. The first kappa shape index (κ1) is 23.8. The van der Waals surface area contributed by atoms with E-state index in [4.69, 9.17) is 5.26 Å². The van der Waals surface area contributed by atoms with E-state index < -0.39 is 5.60 Å². The molecule has 0 aromatic carbocycles. The van der Waals surface area contributed by atoms with E-state index in [1.54, 1.807) is 22.3 Å². The van der Waals surface area contributed by atoms with E-state index in [1.807, 2.05) is 38.2 Å². The maximum absolute atomic E-state index is 9.34. The van der Waals surface area contributed by atoms with Crippen molar-refractivity contribution >= 4 is 22.5 Å². The van der Waals surface area contributed by atoms with E-state index >= 15 is 0 Å². The van der Waals surface area contributed by atoms with Gasteiger partial charge in [-0.1, -0.05) is 17.8 Å². The Morgan fingerprint density at radius 2 is 2.03 bits per heavy atom. The molecule has 4 aromatic rings. The fraction of sp³-hybridized carbons (Fsp3) is 0.400. The Morgan fingerprint density at radius 3 is 2.59 bits per heavy atom. The first-order valence-corrected chi connectivity index (χ1v) is 12.3. The zero-order valence-corrected chi connectivity index (χ0v) is 20.7. The van der Waals surface area contributed by atoms with E-state index in [0.717, 1.165) is 33.2 Å². The lowest BCUT2D eigenvalue weighted by Crippen LogP contribution is -2.35. The topological polar surface area (TPSA) is 112 Å². The third-order valence-corrected chi connectivity index (χ3v) is 6.66. The van der Waals surface area contributed by atoms with Gasteiger partial charge in [-0.25, -0.2) is 4.52 Å². The predicted molar refractivity (Wildman–Crippen MR) is 134 cm³/mol. The van der Waals surface area contributed by atoms with Gasteiger partial charge in [0.25, 0.3) is 0 Å². The second kappa shape index (κ2) is 9.87. The highest BCUT2D eigenvalue weighted by atomic mass is 32.1. The van der Waals surface area contributed by atoms with Gasteiger partial charge in [0.2, 0.25) is 0 Å². The van der Waals surface area contributed by atoms with Crippen molar-refractivity contribution in [3.8, 4) is 28.0 Å². The third kappa shape index (κ3) is 5.24. The summed E-state index contributed by atoms with van der Waals surface area (Å²) in [6.07, 6.45) is 7.13. The molecule has 34 heavy (non-hydrogen) atoms. The van der Waals surface area contributed by atoms with E-state index in [9.17, 15) is 5.11 Å². The molecule has 0 unspecified atom stereocenters. The molecule has 0 amide bonds. The molecule has 1 saturated carbocycles. The van der Waals surface area contributed by atoms with Gasteiger partial charge in [-0.05, 0) is 70.7 Å². The van der Waals surface area contributed by atoms with Crippen molar-refractivity contribution < 1.29 is 5.11 Å². The molecule has 0 bridgehead atoms. The molecule has 1 aliphatic rings. The fourth-order valence-corrected chi connectivity index (χ4v) is 4.43.